The van der Waals surface area contributed by atoms with Crippen molar-refractivity contribution in [1.82, 2.24) is 9.88 Å². The third kappa shape index (κ3) is 3.77. The van der Waals surface area contributed by atoms with E-state index in [2.05, 4.69) is 51.5 Å². The average Bonchev–Trinajstić information content (AvgIpc) is 3.01. The summed E-state index contributed by atoms with van der Waals surface area (Å²) in [5.74, 6) is -1.33. The van der Waals surface area contributed by atoms with Gasteiger partial charge in [-0.2, -0.15) is 0 Å². The lowest BCUT2D eigenvalue weighted by Gasteiger charge is -2.27. The molecular weight excluding hydrogens is 517 g/mol. The lowest BCUT2D eigenvalue weighted by atomic mass is 10.1. The van der Waals surface area contributed by atoms with Gasteiger partial charge in [0.25, 0.3) is 11.8 Å². The van der Waals surface area contributed by atoms with Gasteiger partial charge in [-0.1, -0.05) is 18.2 Å². The summed E-state index contributed by atoms with van der Waals surface area (Å²) >= 11 is 2.30. The van der Waals surface area contributed by atoms with Crippen LogP contribution in [0, 0.1) is 31.3 Å². The van der Waals surface area contributed by atoms with Crippen LogP contribution in [0.2, 0.25) is 0 Å². The van der Waals surface area contributed by atoms with Crippen molar-refractivity contribution in [3.63, 3.8) is 0 Å². The number of halogens is 1. The van der Waals surface area contributed by atoms with Crippen molar-refractivity contribution < 1.29 is 14.4 Å². The van der Waals surface area contributed by atoms with Crippen LogP contribution >= 0.6 is 22.6 Å². The lowest BCUT2D eigenvalue weighted by Crippen LogP contribution is -2.54. The summed E-state index contributed by atoms with van der Waals surface area (Å²) < 4.78 is 3.27. The number of rotatable bonds is 3. The molecule has 1 saturated heterocycles. The van der Waals surface area contributed by atoms with Crippen LogP contribution in [0.25, 0.3) is 11.8 Å². The number of nitrogens with one attached hydrogen (secondary N) is 1. The van der Waals surface area contributed by atoms with Crippen LogP contribution in [0.4, 0.5) is 10.5 Å². The minimum absolute atomic E-state index is 0.0770. The fourth-order valence-electron chi connectivity index (χ4n) is 3.95. The number of benzene rings is 2. The molecule has 0 bridgehead atoms. The van der Waals surface area contributed by atoms with Gasteiger partial charge in [-0.3, -0.25) is 14.9 Å². The molecule has 0 radical (unpaired) electrons. The molecule has 162 valence electrons. The maximum absolute atomic E-state index is 13.2. The number of nitrogens with zero attached hydrogens (tertiary/aromatic N) is 2. The zero-order chi connectivity index (χ0) is 23.2. The third-order valence-electron chi connectivity index (χ3n) is 5.63. The van der Waals surface area contributed by atoms with Gasteiger partial charge in [0.05, 0.1) is 5.69 Å². The number of anilines is 1. The summed E-state index contributed by atoms with van der Waals surface area (Å²) in [6.45, 7) is 7.80. The lowest BCUT2D eigenvalue weighted by molar-refractivity contribution is -0.122. The number of hydrogen-bond acceptors (Lipinski definition) is 3. The molecule has 0 unspecified atom stereocenters. The van der Waals surface area contributed by atoms with Crippen LogP contribution in [-0.4, -0.2) is 22.4 Å². The molecule has 4 rings (SSSR count). The topological polar surface area (TPSA) is 71.4 Å². The highest BCUT2D eigenvalue weighted by Crippen LogP contribution is 2.28. The Kier molecular flexibility index (Phi) is 5.77. The van der Waals surface area contributed by atoms with Gasteiger partial charge in [0.2, 0.25) is 0 Å². The summed E-state index contributed by atoms with van der Waals surface area (Å²) in [5.41, 5.74) is 5.94. The van der Waals surface area contributed by atoms with E-state index in [1.807, 2.05) is 45.0 Å². The summed E-state index contributed by atoms with van der Waals surface area (Å²) in [4.78, 5) is 39.3. The first-order chi connectivity index (χ1) is 15.2. The van der Waals surface area contributed by atoms with Gasteiger partial charge in [0.15, 0.2) is 0 Å². The highest BCUT2D eigenvalue weighted by molar-refractivity contribution is 14.1. The molecule has 2 aromatic carbocycles. The molecule has 4 amide bonds. The number of carbonyl (C=O) groups is 3. The van der Waals surface area contributed by atoms with Crippen molar-refractivity contribution in [1.29, 1.82) is 0 Å². The van der Waals surface area contributed by atoms with E-state index in [0.717, 1.165) is 33.1 Å². The molecule has 7 heteroatoms. The Hall–Kier alpha value is -3.20. The molecule has 3 aromatic rings. The van der Waals surface area contributed by atoms with Crippen LogP contribution in [0.15, 0.2) is 54.1 Å². The Morgan fingerprint density at radius 2 is 1.62 bits per heavy atom. The predicted molar refractivity (Wildman–Crippen MR) is 133 cm³/mol. The first kappa shape index (κ1) is 22.0. The van der Waals surface area contributed by atoms with Crippen molar-refractivity contribution >= 4 is 52.2 Å². The molecular formula is C25H22IN3O3. The number of aryl methyl sites for hydroxylation is 3. The van der Waals surface area contributed by atoms with Gasteiger partial charge < -0.3 is 4.57 Å². The van der Waals surface area contributed by atoms with Crippen molar-refractivity contribution in [2.24, 2.45) is 0 Å². The van der Waals surface area contributed by atoms with E-state index < -0.39 is 17.8 Å². The highest BCUT2D eigenvalue weighted by Gasteiger charge is 2.37. The van der Waals surface area contributed by atoms with Crippen molar-refractivity contribution in [2.75, 3.05) is 4.90 Å². The highest BCUT2D eigenvalue weighted by atomic mass is 127. The SMILES string of the molecule is Cc1cc(-n2c(C)cc(/C=C3\C(=O)NC(=O)N(c4ccccc4C)C3=O)c2C)ccc1I. The maximum Gasteiger partial charge on any atom is 0.335 e. The van der Waals surface area contributed by atoms with Gasteiger partial charge in [-0.25, -0.2) is 9.69 Å². The van der Waals surface area contributed by atoms with Gasteiger partial charge in [-0.05, 0) is 103 Å². The number of carbonyl (C=O) groups excluding carboxylic acids is 3. The second-order valence-electron chi connectivity index (χ2n) is 7.84. The zero-order valence-corrected chi connectivity index (χ0v) is 20.4. The molecule has 32 heavy (non-hydrogen) atoms. The van der Waals surface area contributed by atoms with E-state index in [-0.39, 0.29) is 5.57 Å². The Balaban J connectivity index is 1.78. The fourth-order valence-corrected chi connectivity index (χ4v) is 4.28. The second kappa shape index (κ2) is 8.38. The number of para-hydroxylation sites is 1. The minimum Gasteiger partial charge on any atom is -0.318 e. The van der Waals surface area contributed by atoms with E-state index in [1.54, 1.807) is 18.2 Å². The van der Waals surface area contributed by atoms with Crippen LogP contribution in [0.5, 0.6) is 0 Å². The number of barbiturate groups is 1. The molecule has 0 saturated carbocycles. The molecule has 1 aromatic heterocycles. The van der Waals surface area contributed by atoms with Gasteiger partial charge >= 0.3 is 6.03 Å². The molecule has 1 aliphatic heterocycles. The molecule has 0 aliphatic carbocycles. The third-order valence-corrected chi connectivity index (χ3v) is 6.84. The molecule has 2 heterocycles. The summed E-state index contributed by atoms with van der Waals surface area (Å²) in [6.07, 6.45) is 1.56. The minimum atomic E-state index is -0.744. The van der Waals surface area contributed by atoms with Crippen molar-refractivity contribution in [3.8, 4) is 5.69 Å². The Bertz CT molecular complexity index is 1320. The Morgan fingerprint density at radius 1 is 0.906 bits per heavy atom. The number of amides is 4. The molecule has 0 spiro atoms. The molecule has 6 nitrogen and oxygen atoms in total. The second-order valence-corrected chi connectivity index (χ2v) is 9.00. The molecule has 1 N–H and O–H groups in total. The van der Waals surface area contributed by atoms with Gasteiger partial charge in [0, 0.05) is 20.6 Å². The molecule has 1 fully saturated rings. The van der Waals surface area contributed by atoms with E-state index >= 15 is 0 Å². The van der Waals surface area contributed by atoms with E-state index in [1.165, 1.54) is 9.13 Å². The standard InChI is InChI=1S/C25H22IN3O3/c1-14-7-5-6-8-22(14)29-24(31)20(23(30)27-25(29)32)13-18-12-16(3)28(17(18)4)19-9-10-21(26)15(2)11-19/h5-13H,1-4H3,(H,27,30,32)/b20-13+. The number of aromatic nitrogens is 1. The average molecular weight is 539 g/mol. The Labute approximate surface area is 200 Å². The normalized spacial score (nSPS) is 15.5. The van der Waals surface area contributed by atoms with Crippen LogP contribution in [-0.2, 0) is 9.59 Å². The summed E-state index contributed by atoms with van der Waals surface area (Å²) in [5, 5.41) is 2.29. The summed E-state index contributed by atoms with van der Waals surface area (Å²) in [6, 6.07) is 14.5. The number of urea groups is 1. The fraction of sp³-hybridized carbons (Fsp3) is 0.160. The first-order valence-electron chi connectivity index (χ1n) is 10.1. The first-order valence-corrected chi connectivity index (χ1v) is 11.2. The van der Waals surface area contributed by atoms with Crippen molar-refractivity contribution in [2.45, 2.75) is 27.7 Å². The number of imide groups is 2. The quantitative estimate of drug-likeness (QED) is 0.290. The monoisotopic (exact) mass is 539 g/mol. The van der Waals surface area contributed by atoms with Crippen molar-refractivity contribution in [3.05, 3.63) is 85.8 Å². The van der Waals surface area contributed by atoms with Crippen LogP contribution in [0.1, 0.15) is 28.1 Å². The number of hydrogen-bond donors (Lipinski definition) is 1. The van der Waals surface area contributed by atoms with Gasteiger partial charge in [-0.15, -0.1) is 0 Å². The van der Waals surface area contributed by atoms with E-state index in [9.17, 15) is 14.4 Å². The molecule has 1 aliphatic rings. The summed E-state index contributed by atoms with van der Waals surface area (Å²) in [7, 11) is 0. The molecule has 0 atom stereocenters. The van der Waals surface area contributed by atoms with Crippen LogP contribution < -0.4 is 10.2 Å². The smallest absolute Gasteiger partial charge is 0.318 e. The van der Waals surface area contributed by atoms with E-state index in [4.69, 9.17) is 0 Å². The predicted octanol–water partition coefficient (Wildman–Crippen LogP) is 4.98. The maximum atomic E-state index is 13.2. The van der Waals surface area contributed by atoms with Crippen LogP contribution in [0.3, 0.4) is 0 Å². The van der Waals surface area contributed by atoms with E-state index in [0.29, 0.717) is 5.69 Å². The largest absolute Gasteiger partial charge is 0.335 e. The zero-order valence-electron chi connectivity index (χ0n) is 18.2. The Morgan fingerprint density at radius 3 is 2.31 bits per heavy atom. The van der Waals surface area contributed by atoms with Gasteiger partial charge in [0.1, 0.15) is 5.57 Å².